The van der Waals surface area contributed by atoms with E-state index >= 15 is 0 Å². The van der Waals surface area contributed by atoms with Gasteiger partial charge in [0.25, 0.3) is 11.6 Å². The predicted octanol–water partition coefficient (Wildman–Crippen LogP) is 3.50. The Kier molecular flexibility index (Phi) is 5.02. The van der Waals surface area contributed by atoms with Gasteiger partial charge in [-0.2, -0.15) is 0 Å². The maximum atomic E-state index is 11.8. The summed E-state index contributed by atoms with van der Waals surface area (Å²) in [5.74, 6) is 0.426. The third-order valence-electron chi connectivity index (χ3n) is 3.59. The van der Waals surface area contributed by atoms with Gasteiger partial charge in [0.15, 0.2) is 11.5 Å². The molecule has 1 heterocycles. The van der Waals surface area contributed by atoms with Crippen molar-refractivity contribution in [2.24, 2.45) is 0 Å². The second-order valence-electron chi connectivity index (χ2n) is 5.47. The lowest BCUT2D eigenvalue weighted by atomic mass is 10.1. The maximum absolute atomic E-state index is 11.8. The van der Waals surface area contributed by atoms with Crippen molar-refractivity contribution < 1.29 is 24.1 Å². The molecule has 0 fully saturated rings. The van der Waals surface area contributed by atoms with Crippen molar-refractivity contribution >= 4 is 11.6 Å². The second kappa shape index (κ2) is 7.56. The number of rotatable bonds is 6. The summed E-state index contributed by atoms with van der Waals surface area (Å²) in [5.41, 5.74) is 0.496. The van der Waals surface area contributed by atoms with E-state index in [2.05, 4.69) is 10.5 Å². The third kappa shape index (κ3) is 4.03. The molecule has 3 aromatic rings. The van der Waals surface area contributed by atoms with Crippen LogP contribution in [-0.4, -0.2) is 27.6 Å². The number of nitro benzene ring substituents is 1. The van der Waals surface area contributed by atoms with Gasteiger partial charge in [0.05, 0.1) is 10.5 Å². The number of nitrogens with one attached hydrogen (secondary N) is 1. The highest BCUT2D eigenvalue weighted by Gasteiger charge is 2.17. The first-order chi connectivity index (χ1) is 13.0. The normalized spacial score (nSPS) is 10.4. The van der Waals surface area contributed by atoms with Gasteiger partial charge in [0, 0.05) is 30.8 Å². The fourth-order valence-corrected chi connectivity index (χ4v) is 2.32. The van der Waals surface area contributed by atoms with Crippen LogP contribution in [0.4, 0.5) is 5.69 Å². The number of aromatic hydroxyl groups is 1. The minimum Gasteiger partial charge on any atom is -0.508 e. The molecule has 0 saturated carbocycles. The summed E-state index contributed by atoms with van der Waals surface area (Å²) in [6.07, 6.45) is 0. The second-order valence-corrected chi connectivity index (χ2v) is 5.47. The van der Waals surface area contributed by atoms with Gasteiger partial charge in [-0.25, -0.2) is 0 Å². The minimum atomic E-state index is -0.513. The van der Waals surface area contributed by atoms with E-state index in [0.717, 1.165) is 0 Å². The van der Waals surface area contributed by atoms with Crippen molar-refractivity contribution in [2.75, 3.05) is 6.54 Å². The lowest BCUT2D eigenvalue weighted by Gasteiger charge is -2.09. The Hall–Kier alpha value is -3.88. The summed E-state index contributed by atoms with van der Waals surface area (Å²) < 4.78 is 11.0. The minimum absolute atomic E-state index is 0.0425. The molecule has 0 unspecified atom stereocenters. The lowest BCUT2D eigenvalue weighted by molar-refractivity contribution is -0.384. The molecule has 9 heteroatoms. The Morgan fingerprint density at radius 3 is 2.67 bits per heavy atom. The van der Waals surface area contributed by atoms with E-state index in [4.69, 9.17) is 9.26 Å². The number of phenols is 1. The number of carbonyl (C=O) groups excluding carboxylic acids is 1. The van der Waals surface area contributed by atoms with E-state index < -0.39 is 4.92 Å². The maximum Gasteiger partial charge on any atom is 0.273 e. The van der Waals surface area contributed by atoms with E-state index in [1.807, 2.05) is 0 Å². The molecule has 1 aromatic heterocycles. The zero-order valence-corrected chi connectivity index (χ0v) is 14.2. The molecule has 0 saturated heterocycles. The van der Waals surface area contributed by atoms with Gasteiger partial charge in [0.1, 0.15) is 17.2 Å². The molecule has 2 N–H and O–H groups in total. The number of nitro groups is 1. The Morgan fingerprint density at radius 2 is 2.00 bits per heavy atom. The van der Waals surface area contributed by atoms with Crippen LogP contribution in [0.2, 0.25) is 0 Å². The number of amides is 1. The summed E-state index contributed by atoms with van der Waals surface area (Å²) in [6, 6.07) is 11.3. The number of benzene rings is 2. The van der Waals surface area contributed by atoms with Gasteiger partial charge in [-0.3, -0.25) is 14.9 Å². The van der Waals surface area contributed by atoms with Crippen LogP contribution >= 0.6 is 0 Å². The lowest BCUT2D eigenvalue weighted by Crippen LogP contribution is -2.22. The van der Waals surface area contributed by atoms with Gasteiger partial charge in [0.2, 0.25) is 0 Å². The van der Waals surface area contributed by atoms with Crippen LogP contribution in [0.3, 0.4) is 0 Å². The Bertz CT molecular complexity index is 981. The summed E-state index contributed by atoms with van der Waals surface area (Å²) in [4.78, 5) is 22.1. The van der Waals surface area contributed by atoms with E-state index in [-0.39, 0.29) is 34.5 Å². The zero-order valence-electron chi connectivity index (χ0n) is 14.2. The van der Waals surface area contributed by atoms with Crippen molar-refractivity contribution in [3.63, 3.8) is 0 Å². The molecule has 138 valence electrons. The fraction of sp³-hybridized carbons (Fsp3) is 0.111. The van der Waals surface area contributed by atoms with Gasteiger partial charge in [-0.15, -0.1) is 0 Å². The molecule has 1 amide bonds. The van der Waals surface area contributed by atoms with Crippen LogP contribution in [-0.2, 0) is 0 Å². The number of phenolic OH excluding ortho intramolecular Hbond substituents is 1. The van der Waals surface area contributed by atoms with Crippen LogP contribution < -0.4 is 10.1 Å². The first-order valence-corrected chi connectivity index (χ1v) is 7.98. The summed E-state index contributed by atoms with van der Waals surface area (Å²) >= 11 is 0. The highest BCUT2D eigenvalue weighted by Crippen LogP contribution is 2.36. The summed E-state index contributed by atoms with van der Waals surface area (Å²) in [6.45, 7) is 2.24. The monoisotopic (exact) mass is 369 g/mol. The Labute approximate surface area is 153 Å². The molecular formula is C18H15N3O6. The number of hydrogen-bond acceptors (Lipinski definition) is 7. The molecule has 27 heavy (non-hydrogen) atoms. The predicted molar refractivity (Wildman–Crippen MR) is 94.8 cm³/mol. The van der Waals surface area contributed by atoms with Crippen molar-refractivity contribution in [1.29, 1.82) is 0 Å². The Morgan fingerprint density at radius 1 is 1.26 bits per heavy atom. The van der Waals surface area contributed by atoms with E-state index in [1.165, 1.54) is 42.5 Å². The smallest absolute Gasteiger partial charge is 0.273 e. The molecule has 0 atom stereocenters. The van der Waals surface area contributed by atoms with Gasteiger partial charge in [-0.05, 0) is 31.2 Å². The number of aromatic nitrogens is 1. The van der Waals surface area contributed by atoms with Crippen LogP contribution in [0.15, 0.2) is 53.1 Å². The van der Waals surface area contributed by atoms with E-state index in [0.29, 0.717) is 17.9 Å². The number of nitrogens with zero attached hydrogens (tertiary/aromatic N) is 2. The van der Waals surface area contributed by atoms with Crippen molar-refractivity contribution in [3.05, 3.63) is 64.3 Å². The molecule has 0 aliphatic rings. The van der Waals surface area contributed by atoms with Gasteiger partial charge >= 0.3 is 0 Å². The van der Waals surface area contributed by atoms with Crippen LogP contribution in [0, 0.1) is 10.1 Å². The fourth-order valence-electron chi connectivity index (χ4n) is 2.32. The largest absolute Gasteiger partial charge is 0.508 e. The van der Waals surface area contributed by atoms with Crippen LogP contribution in [0.1, 0.15) is 17.4 Å². The van der Waals surface area contributed by atoms with E-state index in [9.17, 15) is 20.0 Å². The number of hydrogen-bond donors (Lipinski definition) is 2. The summed E-state index contributed by atoms with van der Waals surface area (Å²) in [5, 5.41) is 26.9. The van der Waals surface area contributed by atoms with Crippen LogP contribution in [0.25, 0.3) is 11.3 Å². The first kappa shape index (κ1) is 17.9. The average molecular weight is 369 g/mol. The average Bonchev–Trinajstić information content (AvgIpc) is 3.12. The molecule has 3 rings (SSSR count). The van der Waals surface area contributed by atoms with E-state index in [1.54, 1.807) is 13.0 Å². The number of ether oxygens (including phenoxy) is 1. The zero-order chi connectivity index (χ0) is 19.4. The summed E-state index contributed by atoms with van der Waals surface area (Å²) in [7, 11) is 0. The number of non-ortho nitro benzene ring substituents is 1. The molecule has 0 bridgehead atoms. The molecular weight excluding hydrogens is 354 g/mol. The van der Waals surface area contributed by atoms with Crippen molar-refractivity contribution in [1.82, 2.24) is 10.5 Å². The molecule has 0 spiro atoms. The van der Waals surface area contributed by atoms with Gasteiger partial charge in [-0.1, -0.05) is 5.16 Å². The highest BCUT2D eigenvalue weighted by atomic mass is 16.6. The third-order valence-corrected chi connectivity index (χ3v) is 3.59. The quantitative estimate of drug-likeness (QED) is 0.503. The van der Waals surface area contributed by atoms with Crippen molar-refractivity contribution in [3.8, 4) is 28.6 Å². The standard InChI is InChI=1S/C18H15N3O6/c1-2-19-18(23)15-10-17(27-20-15)14-8-5-12(22)9-16(14)26-13-6-3-11(4-7-13)21(24)25/h3-10,22H,2H2,1H3,(H,19,23). The van der Waals surface area contributed by atoms with Crippen LogP contribution in [0.5, 0.6) is 17.2 Å². The molecule has 0 aliphatic carbocycles. The molecule has 2 aromatic carbocycles. The van der Waals surface area contributed by atoms with Gasteiger partial charge < -0.3 is 19.7 Å². The molecule has 0 aliphatic heterocycles. The highest BCUT2D eigenvalue weighted by molar-refractivity contribution is 5.93. The van der Waals surface area contributed by atoms with Crippen molar-refractivity contribution in [2.45, 2.75) is 6.92 Å². The topological polar surface area (TPSA) is 128 Å². The molecule has 0 radical (unpaired) electrons. The first-order valence-electron chi connectivity index (χ1n) is 7.98. The Balaban J connectivity index is 1.91. The number of carbonyl (C=O) groups is 1. The molecule has 9 nitrogen and oxygen atoms in total. The SMILES string of the molecule is CCNC(=O)c1cc(-c2ccc(O)cc2Oc2ccc([N+](=O)[O-])cc2)on1.